The van der Waals surface area contributed by atoms with Crippen LogP contribution in [0.2, 0.25) is 0 Å². The molecule has 0 radical (unpaired) electrons. The van der Waals surface area contributed by atoms with Gasteiger partial charge in [-0.05, 0) is 44.4 Å². The summed E-state index contributed by atoms with van der Waals surface area (Å²) >= 11 is 0. The van der Waals surface area contributed by atoms with Crippen molar-refractivity contribution < 1.29 is 9.72 Å². The van der Waals surface area contributed by atoms with Crippen LogP contribution in [0.15, 0.2) is 18.2 Å². The Bertz CT molecular complexity index is 590. The SMILES string of the molecule is Cc1cccc(C(C)NC(=O)C2NNC(C)C2[N+](=O)[O-])c1C. The van der Waals surface area contributed by atoms with Gasteiger partial charge in [0.1, 0.15) is 0 Å². The van der Waals surface area contributed by atoms with Crippen LogP contribution < -0.4 is 16.2 Å². The van der Waals surface area contributed by atoms with Gasteiger partial charge in [-0.15, -0.1) is 0 Å². The Labute approximate surface area is 129 Å². The van der Waals surface area contributed by atoms with Crippen molar-refractivity contribution in [2.24, 2.45) is 0 Å². The smallest absolute Gasteiger partial charge is 0.254 e. The second kappa shape index (κ2) is 6.41. The highest BCUT2D eigenvalue weighted by Gasteiger charge is 2.46. The molecule has 0 bridgehead atoms. The van der Waals surface area contributed by atoms with Crippen LogP contribution in [0.3, 0.4) is 0 Å². The van der Waals surface area contributed by atoms with Gasteiger partial charge in [-0.3, -0.25) is 14.9 Å². The molecule has 22 heavy (non-hydrogen) atoms. The number of hydrogen-bond donors (Lipinski definition) is 3. The molecule has 4 unspecified atom stereocenters. The number of nitrogens with zero attached hydrogens (tertiary/aromatic N) is 1. The molecular weight excluding hydrogens is 284 g/mol. The minimum atomic E-state index is -0.981. The molecule has 4 atom stereocenters. The Morgan fingerprint density at radius 2 is 2.05 bits per heavy atom. The maximum Gasteiger partial charge on any atom is 0.254 e. The third kappa shape index (κ3) is 3.10. The maximum absolute atomic E-state index is 12.4. The summed E-state index contributed by atoms with van der Waals surface area (Å²) in [5.41, 5.74) is 8.76. The standard InChI is InChI=1S/C15H22N4O3/c1-8-6-5-7-12(9(8)2)10(3)16-15(20)13-14(19(21)22)11(4)17-18-13/h5-7,10-11,13-14,17-18H,1-4H3,(H,16,20). The molecule has 1 amide bonds. The number of carbonyl (C=O) groups excluding carboxylic acids is 1. The molecule has 7 heteroatoms. The van der Waals surface area contributed by atoms with Crippen molar-refractivity contribution in [2.75, 3.05) is 0 Å². The van der Waals surface area contributed by atoms with Gasteiger partial charge in [0.05, 0.1) is 12.1 Å². The van der Waals surface area contributed by atoms with Gasteiger partial charge in [0.15, 0.2) is 6.04 Å². The van der Waals surface area contributed by atoms with Gasteiger partial charge in [0, 0.05) is 4.92 Å². The molecule has 0 spiro atoms. The van der Waals surface area contributed by atoms with Crippen LogP contribution in [0, 0.1) is 24.0 Å². The third-order valence-corrected chi connectivity index (χ3v) is 4.32. The quantitative estimate of drug-likeness (QED) is 0.569. The lowest BCUT2D eigenvalue weighted by Crippen LogP contribution is -2.50. The fourth-order valence-corrected chi connectivity index (χ4v) is 2.83. The average molecular weight is 306 g/mol. The van der Waals surface area contributed by atoms with Gasteiger partial charge in [0.2, 0.25) is 5.91 Å². The van der Waals surface area contributed by atoms with E-state index in [2.05, 4.69) is 16.2 Å². The third-order valence-electron chi connectivity index (χ3n) is 4.32. The van der Waals surface area contributed by atoms with E-state index < -0.39 is 23.0 Å². The molecule has 1 fully saturated rings. The van der Waals surface area contributed by atoms with E-state index in [1.807, 2.05) is 39.0 Å². The molecule has 1 aliphatic rings. The molecule has 120 valence electrons. The fourth-order valence-electron chi connectivity index (χ4n) is 2.83. The van der Waals surface area contributed by atoms with E-state index in [0.29, 0.717) is 0 Å². The molecule has 2 rings (SSSR count). The summed E-state index contributed by atoms with van der Waals surface area (Å²) in [7, 11) is 0. The second-order valence-electron chi connectivity index (χ2n) is 5.85. The average Bonchev–Trinajstić information content (AvgIpc) is 2.83. The summed E-state index contributed by atoms with van der Waals surface area (Å²) in [5.74, 6) is -0.369. The van der Waals surface area contributed by atoms with E-state index in [0.717, 1.165) is 16.7 Å². The van der Waals surface area contributed by atoms with Crippen LogP contribution >= 0.6 is 0 Å². The lowest BCUT2D eigenvalue weighted by molar-refractivity contribution is -0.523. The Kier molecular flexibility index (Phi) is 4.77. The van der Waals surface area contributed by atoms with E-state index in [4.69, 9.17) is 0 Å². The number of nitro groups is 1. The van der Waals surface area contributed by atoms with Crippen molar-refractivity contribution in [1.29, 1.82) is 0 Å². The molecule has 3 N–H and O–H groups in total. The van der Waals surface area contributed by atoms with Gasteiger partial charge in [-0.1, -0.05) is 18.2 Å². The van der Waals surface area contributed by atoms with Gasteiger partial charge in [-0.25, -0.2) is 10.9 Å². The molecule has 1 aliphatic heterocycles. The van der Waals surface area contributed by atoms with Gasteiger partial charge >= 0.3 is 0 Å². The zero-order chi connectivity index (χ0) is 16.4. The summed E-state index contributed by atoms with van der Waals surface area (Å²) < 4.78 is 0. The number of amides is 1. The van der Waals surface area contributed by atoms with Crippen LogP contribution in [0.25, 0.3) is 0 Å². The van der Waals surface area contributed by atoms with Crippen molar-refractivity contribution >= 4 is 5.91 Å². The van der Waals surface area contributed by atoms with Crippen LogP contribution in [0.4, 0.5) is 0 Å². The number of carbonyl (C=O) groups is 1. The fraction of sp³-hybridized carbons (Fsp3) is 0.533. The number of nitrogens with one attached hydrogen (secondary N) is 3. The topological polar surface area (TPSA) is 96.3 Å². The van der Waals surface area contributed by atoms with Gasteiger partial charge in [-0.2, -0.15) is 0 Å². The second-order valence-corrected chi connectivity index (χ2v) is 5.85. The number of aryl methyl sites for hydroxylation is 1. The maximum atomic E-state index is 12.4. The van der Waals surface area contributed by atoms with E-state index in [1.165, 1.54) is 0 Å². The lowest BCUT2D eigenvalue weighted by atomic mass is 9.97. The first-order valence-electron chi connectivity index (χ1n) is 7.34. The van der Waals surface area contributed by atoms with Crippen molar-refractivity contribution in [2.45, 2.75) is 51.9 Å². The Hall–Kier alpha value is -1.99. The Morgan fingerprint density at radius 3 is 2.68 bits per heavy atom. The summed E-state index contributed by atoms with van der Waals surface area (Å²) in [6, 6.07) is 3.45. The molecule has 1 saturated heterocycles. The first kappa shape index (κ1) is 16.4. The highest BCUT2D eigenvalue weighted by atomic mass is 16.6. The molecule has 0 aliphatic carbocycles. The first-order valence-corrected chi connectivity index (χ1v) is 7.34. The normalized spacial score (nSPS) is 25.7. The van der Waals surface area contributed by atoms with Crippen molar-refractivity contribution in [3.63, 3.8) is 0 Å². The highest BCUT2D eigenvalue weighted by molar-refractivity contribution is 5.83. The van der Waals surface area contributed by atoms with Crippen molar-refractivity contribution in [3.8, 4) is 0 Å². The monoisotopic (exact) mass is 306 g/mol. The molecule has 1 aromatic rings. The van der Waals surface area contributed by atoms with Crippen LogP contribution in [0.5, 0.6) is 0 Å². The molecule has 7 nitrogen and oxygen atoms in total. The van der Waals surface area contributed by atoms with E-state index >= 15 is 0 Å². The molecule has 1 heterocycles. The van der Waals surface area contributed by atoms with Gasteiger partial charge < -0.3 is 5.32 Å². The Balaban J connectivity index is 2.11. The minimum absolute atomic E-state index is 0.211. The first-order chi connectivity index (χ1) is 10.3. The zero-order valence-electron chi connectivity index (χ0n) is 13.2. The van der Waals surface area contributed by atoms with Crippen LogP contribution in [0.1, 0.15) is 36.6 Å². The number of rotatable bonds is 4. The predicted molar refractivity (Wildman–Crippen MR) is 82.8 cm³/mol. The molecule has 1 aromatic carbocycles. The predicted octanol–water partition coefficient (Wildman–Crippen LogP) is 0.991. The molecule has 0 aromatic heterocycles. The molecule has 0 saturated carbocycles. The summed E-state index contributed by atoms with van der Waals surface area (Å²) in [4.78, 5) is 23.1. The van der Waals surface area contributed by atoms with E-state index in [1.54, 1.807) is 6.92 Å². The lowest BCUT2D eigenvalue weighted by Gasteiger charge is -2.20. The van der Waals surface area contributed by atoms with Gasteiger partial charge in [0.25, 0.3) is 6.04 Å². The minimum Gasteiger partial charge on any atom is -0.348 e. The van der Waals surface area contributed by atoms with Crippen molar-refractivity contribution in [3.05, 3.63) is 45.0 Å². The number of hydrazine groups is 1. The highest BCUT2D eigenvalue weighted by Crippen LogP contribution is 2.20. The summed E-state index contributed by atoms with van der Waals surface area (Å²) in [5, 5.41) is 14.0. The van der Waals surface area contributed by atoms with Crippen LogP contribution in [-0.4, -0.2) is 29.0 Å². The summed E-state index contributed by atoms with van der Waals surface area (Å²) in [6.07, 6.45) is 0. The number of benzene rings is 1. The Morgan fingerprint density at radius 1 is 1.36 bits per heavy atom. The molecular formula is C15H22N4O3. The summed E-state index contributed by atoms with van der Waals surface area (Å²) in [6.45, 7) is 7.58. The van der Waals surface area contributed by atoms with E-state index in [9.17, 15) is 14.9 Å². The largest absolute Gasteiger partial charge is 0.348 e. The van der Waals surface area contributed by atoms with E-state index in [-0.39, 0.29) is 11.9 Å². The van der Waals surface area contributed by atoms with Crippen LogP contribution in [-0.2, 0) is 4.79 Å². The van der Waals surface area contributed by atoms with Crippen molar-refractivity contribution in [1.82, 2.24) is 16.2 Å². The number of hydrogen-bond acceptors (Lipinski definition) is 5. The zero-order valence-corrected chi connectivity index (χ0v) is 13.2.